The van der Waals surface area contributed by atoms with Gasteiger partial charge in [-0.1, -0.05) is 30.3 Å². The fourth-order valence-electron chi connectivity index (χ4n) is 3.99. The minimum absolute atomic E-state index is 0.0231. The number of hydrogen-bond acceptors (Lipinski definition) is 4. The third kappa shape index (κ3) is 4.41. The van der Waals surface area contributed by atoms with Crippen molar-refractivity contribution in [2.75, 3.05) is 26.2 Å². The molecular weight excluding hydrogens is 383 g/mol. The molecule has 30 heavy (non-hydrogen) atoms. The van der Waals surface area contributed by atoms with Crippen LogP contribution in [0, 0.1) is 5.82 Å². The Kier molecular flexibility index (Phi) is 5.90. The van der Waals surface area contributed by atoms with E-state index in [-0.39, 0.29) is 23.7 Å². The summed E-state index contributed by atoms with van der Waals surface area (Å²) in [5, 5.41) is 5.67. The molecule has 0 saturated carbocycles. The predicted molar refractivity (Wildman–Crippen MR) is 114 cm³/mol. The second-order valence-electron chi connectivity index (χ2n) is 7.73. The van der Waals surface area contributed by atoms with Crippen LogP contribution in [0.3, 0.4) is 0 Å². The van der Waals surface area contributed by atoms with E-state index < -0.39 is 0 Å². The zero-order valence-corrected chi connectivity index (χ0v) is 17.1. The van der Waals surface area contributed by atoms with Gasteiger partial charge in [-0.05, 0) is 30.2 Å². The smallest absolute Gasteiger partial charge is 0.274 e. The van der Waals surface area contributed by atoms with E-state index in [2.05, 4.69) is 10.00 Å². The quantitative estimate of drug-likeness (QED) is 0.665. The second-order valence-corrected chi connectivity index (χ2v) is 7.73. The zero-order chi connectivity index (χ0) is 21.1. The maximum Gasteiger partial charge on any atom is 0.274 e. The van der Waals surface area contributed by atoms with E-state index in [0.717, 1.165) is 37.0 Å². The van der Waals surface area contributed by atoms with Gasteiger partial charge in [0.25, 0.3) is 5.56 Å². The van der Waals surface area contributed by atoms with E-state index in [9.17, 15) is 14.0 Å². The van der Waals surface area contributed by atoms with Gasteiger partial charge >= 0.3 is 0 Å². The maximum atomic E-state index is 13.1. The second kappa shape index (κ2) is 8.75. The van der Waals surface area contributed by atoms with Crippen LogP contribution in [0.25, 0.3) is 10.8 Å². The monoisotopic (exact) mass is 408 g/mol. The number of rotatable bonds is 4. The van der Waals surface area contributed by atoms with Crippen molar-refractivity contribution in [3.63, 3.8) is 0 Å². The highest BCUT2D eigenvalue weighted by molar-refractivity contribution is 5.88. The van der Waals surface area contributed by atoms with Gasteiger partial charge in [-0.3, -0.25) is 14.5 Å². The fourth-order valence-corrected chi connectivity index (χ4v) is 3.99. The number of benzene rings is 2. The molecule has 1 aliphatic rings. The standard InChI is InChI=1S/C23H25FN4O2/c1-26-23(30)20-6-3-2-5-19(20)21(25-26)15-22(29)28-12-4-11-27(13-14-28)16-17-7-9-18(24)10-8-17/h2-3,5-10H,4,11-16H2,1H3. The number of carbonyl (C=O) groups is 1. The van der Waals surface area contributed by atoms with Crippen LogP contribution >= 0.6 is 0 Å². The van der Waals surface area contributed by atoms with Gasteiger partial charge in [-0.15, -0.1) is 0 Å². The Morgan fingerprint density at radius 3 is 2.50 bits per heavy atom. The molecule has 1 amide bonds. The first-order valence-corrected chi connectivity index (χ1v) is 10.2. The van der Waals surface area contributed by atoms with Gasteiger partial charge in [0.15, 0.2) is 0 Å². The Labute approximate surface area is 174 Å². The number of amides is 1. The van der Waals surface area contributed by atoms with Crippen LogP contribution in [0.1, 0.15) is 17.7 Å². The number of halogens is 1. The first-order chi connectivity index (χ1) is 14.5. The van der Waals surface area contributed by atoms with Crippen molar-refractivity contribution in [2.24, 2.45) is 7.05 Å². The molecule has 0 unspecified atom stereocenters. The molecule has 4 rings (SSSR count). The molecule has 0 atom stereocenters. The van der Waals surface area contributed by atoms with Crippen LogP contribution in [0.2, 0.25) is 0 Å². The van der Waals surface area contributed by atoms with Gasteiger partial charge in [0, 0.05) is 45.2 Å². The highest BCUT2D eigenvalue weighted by Crippen LogP contribution is 2.16. The maximum absolute atomic E-state index is 13.1. The van der Waals surface area contributed by atoms with Crippen LogP contribution in [0.15, 0.2) is 53.3 Å². The fraction of sp³-hybridized carbons (Fsp3) is 0.348. The van der Waals surface area contributed by atoms with Crippen LogP contribution in [0.5, 0.6) is 0 Å². The summed E-state index contributed by atoms with van der Waals surface area (Å²) in [6.07, 6.45) is 1.06. The van der Waals surface area contributed by atoms with Crippen molar-refractivity contribution < 1.29 is 9.18 Å². The minimum Gasteiger partial charge on any atom is -0.341 e. The number of carbonyl (C=O) groups excluding carboxylic acids is 1. The Bertz CT molecular complexity index is 1110. The molecule has 1 aliphatic heterocycles. The molecule has 2 heterocycles. The Balaban J connectivity index is 1.43. The summed E-state index contributed by atoms with van der Waals surface area (Å²) >= 11 is 0. The Morgan fingerprint density at radius 1 is 1.00 bits per heavy atom. The predicted octanol–water partition coefficient (Wildman–Crippen LogP) is 2.35. The average Bonchev–Trinajstić information content (AvgIpc) is 2.99. The number of nitrogens with zero attached hydrogens (tertiary/aromatic N) is 4. The third-order valence-electron chi connectivity index (χ3n) is 5.61. The normalized spacial score (nSPS) is 15.3. The first kappa shape index (κ1) is 20.2. The largest absolute Gasteiger partial charge is 0.341 e. The summed E-state index contributed by atoms with van der Waals surface area (Å²) in [6.45, 7) is 3.74. The lowest BCUT2D eigenvalue weighted by atomic mass is 10.1. The van der Waals surface area contributed by atoms with Gasteiger partial charge in [0.2, 0.25) is 5.91 Å². The molecule has 0 bridgehead atoms. The molecule has 0 N–H and O–H groups in total. The Hall–Kier alpha value is -3.06. The average molecular weight is 408 g/mol. The molecule has 156 valence electrons. The summed E-state index contributed by atoms with van der Waals surface area (Å²) < 4.78 is 14.4. The SMILES string of the molecule is Cn1nc(CC(=O)N2CCCN(Cc3ccc(F)cc3)CC2)c2ccccc2c1=O. The lowest BCUT2D eigenvalue weighted by Crippen LogP contribution is -2.36. The number of aryl methyl sites for hydroxylation is 1. The molecule has 2 aromatic carbocycles. The van der Waals surface area contributed by atoms with Crippen molar-refractivity contribution in [3.8, 4) is 0 Å². The molecule has 7 heteroatoms. The van der Waals surface area contributed by atoms with Gasteiger partial charge in [-0.25, -0.2) is 9.07 Å². The molecule has 6 nitrogen and oxygen atoms in total. The summed E-state index contributed by atoms with van der Waals surface area (Å²) in [4.78, 5) is 29.5. The van der Waals surface area contributed by atoms with Crippen LogP contribution in [-0.4, -0.2) is 51.7 Å². The van der Waals surface area contributed by atoms with E-state index in [4.69, 9.17) is 0 Å². The molecule has 1 aromatic heterocycles. The molecule has 0 aliphatic carbocycles. The van der Waals surface area contributed by atoms with E-state index >= 15 is 0 Å². The highest BCUT2D eigenvalue weighted by atomic mass is 19.1. The van der Waals surface area contributed by atoms with Crippen molar-refractivity contribution in [2.45, 2.75) is 19.4 Å². The summed E-state index contributed by atoms with van der Waals surface area (Å²) in [5.74, 6) is -0.208. The highest BCUT2D eigenvalue weighted by Gasteiger charge is 2.21. The topological polar surface area (TPSA) is 58.4 Å². The van der Waals surface area contributed by atoms with Gasteiger partial charge < -0.3 is 4.90 Å². The lowest BCUT2D eigenvalue weighted by molar-refractivity contribution is -0.130. The third-order valence-corrected chi connectivity index (χ3v) is 5.61. The molecule has 0 spiro atoms. The summed E-state index contributed by atoms with van der Waals surface area (Å²) in [7, 11) is 1.61. The molecule has 3 aromatic rings. The van der Waals surface area contributed by atoms with E-state index in [1.54, 1.807) is 25.2 Å². The molecular formula is C23H25FN4O2. The summed E-state index contributed by atoms with van der Waals surface area (Å²) in [5.41, 5.74) is 1.54. The Morgan fingerprint density at radius 2 is 1.73 bits per heavy atom. The molecule has 0 radical (unpaired) electrons. The van der Waals surface area contributed by atoms with E-state index in [1.165, 1.54) is 16.8 Å². The van der Waals surface area contributed by atoms with Crippen molar-refractivity contribution in [1.29, 1.82) is 0 Å². The van der Waals surface area contributed by atoms with Gasteiger partial charge in [0.05, 0.1) is 17.5 Å². The van der Waals surface area contributed by atoms with Crippen molar-refractivity contribution in [3.05, 3.63) is 76.0 Å². The van der Waals surface area contributed by atoms with Crippen molar-refractivity contribution >= 4 is 16.7 Å². The van der Waals surface area contributed by atoms with Gasteiger partial charge in [0.1, 0.15) is 5.82 Å². The first-order valence-electron chi connectivity index (χ1n) is 10.2. The van der Waals surface area contributed by atoms with Crippen LogP contribution in [-0.2, 0) is 24.8 Å². The van der Waals surface area contributed by atoms with E-state index in [0.29, 0.717) is 24.2 Å². The minimum atomic E-state index is -0.231. The molecule has 1 saturated heterocycles. The van der Waals surface area contributed by atoms with E-state index in [1.807, 2.05) is 23.1 Å². The zero-order valence-electron chi connectivity index (χ0n) is 17.1. The molecule has 1 fully saturated rings. The summed E-state index contributed by atoms with van der Waals surface area (Å²) in [6, 6.07) is 13.9. The number of fused-ring (bicyclic) bond motifs is 1. The van der Waals surface area contributed by atoms with Crippen LogP contribution in [0.4, 0.5) is 4.39 Å². The van der Waals surface area contributed by atoms with Crippen molar-refractivity contribution in [1.82, 2.24) is 19.6 Å². The number of aromatic nitrogens is 2. The lowest BCUT2D eigenvalue weighted by Gasteiger charge is -2.22. The number of hydrogen-bond donors (Lipinski definition) is 0. The van der Waals surface area contributed by atoms with Crippen LogP contribution < -0.4 is 5.56 Å². The van der Waals surface area contributed by atoms with Gasteiger partial charge in [-0.2, -0.15) is 5.10 Å².